The third kappa shape index (κ3) is 3.12. The molecule has 148 valence electrons. The minimum Gasteiger partial charge on any atom is -0.336 e. The van der Waals surface area contributed by atoms with Gasteiger partial charge < -0.3 is 19.5 Å². The molecule has 0 bridgehead atoms. The third-order valence-electron chi connectivity index (χ3n) is 6.07. The molecule has 1 aromatic carbocycles. The van der Waals surface area contributed by atoms with E-state index in [1.165, 1.54) is 5.56 Å². The highest BCUT2D eigenvalue weighted by atomic mass is 16.2. The van der Waals surface area contributed by atoms with Gasteiger partial charge in [0.05, 0.1) is 29.6 Å². The smallest absolute Gasteiger partial charge is 0.317 e. The van der Waals surface area contributed by atoms with Crippen molar-refractivity contribution >= 4 is 17.5 Å². The molecule has 2 aliphatic rings. The second kappa shape index (κ2) is 7.24. The maximum atomic E-state index is 13.4. The number of aromatic nitrogens is 2. The molecule has 29 heavy (non-hydrogen) atoms. The second-order valence-electron chi connectivity index (χ2n) is 7.66. The first-order valence-electron chi connectivity index (χ1n) is 10.0. The Bertz CT molecular complexity index is 1050. The number of nitrogens with one attached hydrogen (secondary N) is 1. The van der Waals surface area contributed by atoms with Gasteiger partial charge in [-0.05, 0) is 24.1 Å². The molecule has 0 saturated carbocycles. The molecule has 3 aromatic rings. The Labute approximate surface area is 168 Å². The Morgan fingerprint density at radius 3 is 2.76 bits per heavy atom. The highest BCUT2D eigenvalue weighted by Crippen LogP contribution is 2.33. The van der Waals surface area contributed by atoms with Crippen LogP contribution in [0.5, 0.6) is 0 Å². The van der Waals surface area contributed by atoms with Crippen LogP contribution in [0.3, 0.4) is 0 Å². The van der Waals surface area contributed by atoms with Crippen LogP contribution in [-0.2, 0) is 0 Å². The monoisotopic (exact) mass is 389 g/mol. The average molecular weight is 389 g/mol. The first kappa shape index (κ1) is 17.7. The Morgan fingerprint density at radius 1 is 1.10 bits per heavy atom. The summed E-state index contributed by atoms with van der Waals surface area (Å²) in [5.41, 5.74) is 2.67. The second-order valence-corrected chi connectivity index (χ2v) is 7.66. The van der Waals surface area contributed by atoms with Crippen LogP contribution in [0.15, 0.2) is 61.2 Å². The van der Waals surface area contributed by atoms with E-state index in [9.17, 15) is 9.59 Å². The molecule has 2 atom stereocenters. The predicted octanol–water partition coefficient (Wildman–Crippen LogP) is 2.36. The Morgan fingerprint density at radius 2 is 1.97 bits per heavy atom. The summed E-state index contributed by atoms with van der Waals surface area (Å²) in [4.78, 5) is 33.7. The number of piperidine rings is 1. The van der Waals surface area contributed by atoms with Gasteiger partial charge in [0.2, 0.25) is 0 Å². The molecule has 0 aliphatic carbocycles. The van der Waals surface area contributed by atoms with Crippen molar-refractivity contribution in [2.75, 3.05) is 26.2 Å². The summed E-state index contributed by atoms with van der Waals surface area (Å²) in [5.74, 6) is 0.210. The van der Waals surface area contributed by atoms with E-state index >= 15 is 0 Å². The molecule has 2 fully saturated rings. The van der Waals surface area contributed by atoms with Gasteiger partial charge in [0.15, 0.2) is 0 Å². The SMILES string of the molecule is O=C(c1cccn2cncc12)N1CC[C@@H](c2ccccc2)[C@H](N2CCNC2=O)C1. The van der Waals surface area contributed by atoms with Crippen molar-refractivity contribution in [2.24, 2.45) is 0 Å². The molecule has 1 N–H and O–H groups in total. The number of hydrogen-bond acceptors (Lipinski definition) is 3. The fraction of sp³-hybridized carbons (Fsp3) is 0.318. The van der Waals surface area contributed by atoms with E-state index < -0.39 is 0 Å². The fourth-order valence-electron chi connectivity index (χ4n) is 4.62. The van der Waals surface area contributed by atoms with Crippen LogP contribution in [-0.4, -0.2) is 63.3 Å². The molecule has 4 heterocycles. The van der Waals surface area contributed by atoms with Crippen molar-refractivity contribution in [3.63, 3.8) is 0 Å². The van der Waals surface area contributed by atoms with E-state index in [-0.39, 0.29) is 23.9 Å². The van der Waals surface area contributed by atoms with Gasteiger partial charge in [0, 0.05) is 38.3 Å². The number of urea groups is 1. The average Bonchev–Trinajstić information content (AvgIpc) is 3.42. The lowest BCUT2D eigenvalue weighted by molar-refractivity contribution is 0.0599. The van der Waals surface area contributed by atoms with Gasteiger partial charge in [-0.25, -0.2) is 9.78 Å². The number of rotatable bonds is 3. The van der Waals surface area contributed by atoms with Crippen molar-refractivity contribution in [3.8, 4) is 0 Å². The molecular formula is C22H23N5O2. The third-order valence-corrected chi connectivity index (χ3v) is 6.07. The summed E-state index contributed by atoms with van der Waals surface area (Å²) in [6.45, 7) is 2.52. The van der Waals surface area contributed by atoms with Crippen LogP contribution in [0.2, 0.25) is 0 Å². The lowest BCUT2D eigenvalue weighted by Gasteiger charge is -2.42. The quantitative estimate of drug-likeness (QED) is 0.748. The molecule has 2 aliphatic heterocycles. The summed E-state index contributed by atoms with van der Waals surface area (Å²) in [6.07, 6.45) is 6.13. The van der Waals surface area contributed by atoms with Gasteiger partial charge in [-0.2, -0.15) is 0 Å². The fourth-order valence-corrected chi connectivity index (χ4v) is 4.62. The van der Waals surface area contributed by atoms with E-state index in [0.29, 0.717) is 31.7 Å². The van der Waals surface area contributed by atoms with E-state index in [1.807, 2.05) is 50.7 Å². The molecule has 0 unspecified atom stereocenters. The van der Waals surface area contributed by atoms with Crippen molar-refractivity contribution in [2.45, 2.75) is 18.4 Å². The molecule has 5 rings (SSSR count). The van der Waals surface area contributed by atoms with Crippen molar-refractivity contribution in [1.82, 2.24) is 24.5 Å². The molecular weight excluding hydrogens is 366 g/mol. The van der Waals surface area contributed by atoms with Crippen LogP contribution in [0, 0.1) is 0 Å². The molecule has 3 amide bonds. The number of carbonyl (C=O) groups excluding carboxylic acids is 2. The van der Waals surface area contributed by atoms with Gasteiger partial charge in [0.25, 0.3) is 5.91 Å². The lowest BCUT2D eigenvalue weighted by Crippen LogP contribution is -2.54. The first-order chi connectivity index (χ1) is 14.2. The number of fused-ring (bicyclic) bond motifs is 1. The van der Waals surface area contributed by atoms with Crippen molar-refractivity contribution in [1.29, 1.82) is 0 Å². The van der Waals surface area contributed by atoms with E-state index in [4.69, 9.17) is 0 Å². The van der Waals surface area contributed by atoms with Crippen molar-refractivity contribution < 1.29 is 9.59 Å². The molecule has 0 spiro atoms. The number of likely N-dealkylation sites (tertiary alicyclic amines) is 1. The summed E-state index contributed by atoms with van der Waals surface area (Å²) in [7, 11) is 0. The number of imidazole rings is 1. The van der Waals surface area contributed by atoms with Crippen LogP contribution in [0.4, 0.5) is 4.79 Å². The molecule has 0 radical (unpaired) electrons. The largest absolute Gasteiger partial charge is 0.336 e. The highest BCUT2D eigenvalue weighted by Gasteiger charge is 2.39. The number of carbonyl (C=O) groups is 2. The van der Waals surface area contributed by atoms with Crippen LogP contribution in [0.1, 0.15) is 28.3 Å². The zero-order valence-corrected chi connectivity index (χ0v) is 16.1. The summed E-state index contributed by atoms with van der Waals surface area (Å²) >= 11 is 0. The van der Waals surface area contributed by atoms with Crippen LogP contribution in [0.25, 0.3) is 5.52 Å². The van der Waals surface area contributed by atoms with Crippen molar-refractivity contribution in [3.05, 3.63) is 72.3 Å². The maximum Gasteiger partial charge on any atom is 0.317 e. The minimum atomic E-state index is -0.0396. The molecule has 7 nitrogen and oxygen atoms in total. The zero-order chi connectivity index (χ0) is 19.8. The number of pyridine rings is 1. The summed E-state index contributed by atoms with van der Waals surface area (Å²) in [5, 5.41) is 2.91. The molecule has 7 heteroatoms. The minimum absolute atomic E-state index is 0.00721. The van der Waals surface area contributed by atoms with Gasteiger partial charge in [0.1, 0.15) is 0 Å². The Hall–Kier alpha value is -3.35. The number of benzene rings is 1. The van der Waals surface area contributed by atoms with Crippen LogP contribution < -0.4 is 5.32 Å². The Kier molecular flexibility index (Phi) is 4.42. The molecule has 2 saturated heterocycles. The normalized spacial score (nSPS) is 22.1. The number of hydrogen-bond donors (Lipinski definition) is 1. The van der Waals surface area contributed by atoms with E-state index in [0.717, 1.165) is 11.9 Å². The lowest BCUT2D eigenvalue weighted by atomic mass is 9.84. The number of nitrogens with zero attached hydrogens (tertiary/aromatic N) is 4. The Balaban J connectivity index is 1.45. The zero-order valence-electron chi connectivity index (χ0n) is 16.1. The van der Waals surface area contributed by atoms with E-state index in [2.05, 4.69) is 22.4 Å². The van der Waals surface area contributed by atoms with Gasteiger partial charge >= 0.3 is 6.03 Å². The standard InChI is InChI=1S/C22H23N5O2/c28-21(18-7-4-10-26-15-23-13-19(18)26)25-11-8-17(16-5-2-1-3-6-16)20(14-25)27-12-9-24-22(27)29/h1-7,10,13,15,17,20H,8-9,11-12,14H2,(H,24,29)/t17-,20+/m0/s1. The first-order valence-corrected chi connectivity index (χ1v) is 10.0. The molecule has 2 aromatic heterocycles. The topological polar surface area (TPSA) is 70.0 Å². The summed E-state index contributed by atoms with van der Waals surface area (Å²) < 4.78 is 1.86. The predicted molar refractivity (Wildman–Crippen MR) is 109 cm³/mol. The number of amides is 3. The van der Waals surface area contributed by atoms with E-state index in [1.54, 1.807) is 12.5 Å². The maximum absolute atomic E-state index is 13.4. The highest BCUT2D eigenvalue weighted by molar-refractivity contribution is 6.00. The van der Waals surface area contributed by atoms with Crippen LogP contribution >= 0.6 is 0 Å². The van der Waals surface area contributed by atoms with Gasteiger partial charge in [-0.1, -0.05) is 30.3 Å². The van der Waals surface area contributed by atoms with Gasteiger partial charge in [-0.3, -0.25) is 4.79 Å². The summed E-state index contributed by atoms with van der Waals surface area (Å²) in [6, 6.07) is 14.0. The van der Waals surface area contributed by atoms with Gasteiger partial charge in [-0.15, -0.1) is 0 Å².